The number of hydrogen-bond donors (Lipinski definition) is 2. The SMILES string of the molecule is CCOC(=O)C[C@@H](Cc1ccc(-c2cccc(OC(F)(F)F)c2)cc1)NC(=O)CCC(=O)O. The molecule has 0 fully saturated rings. The van der Waals surface area contributed by atoms with Crippen LogP contribution in [0.25, 0.3) is 11.1 Å². The van der Waals surface area contributed by atoms with Crippen molar-refractivity contribution in [3.8, 4) is 16.9 Å². The summed E-state index contributed by atoms with van der Waals surface area (Å²) in [6.07, 6.45) is -5.15. The molecule has 0 aliphatic heterocycles. The first-order valence-electron chi connectivity index (χ1n) is 10.2. The number of esters is 1. The maximum absolute atomic E-state index is 12.5. The Morgan fingerprint density at radius 2 is 1.73 bits per heavy atom. The summed E-state index contributed by atoms with van der Waals surface area (Å²) in [6.45, 7) is 1.84. The van der Waals surface area contributed by atoms with Crippen LogP contribution in [0.5, 0.6) is 5.75 Å². The van der Waals surface area contributed by atoms with E-state index in [1.807, 2.05) is 0 Å². The molecular formula is C23H24F3NO6. The number of carbonyl (C=O) groups excluding carboxylic acids is 2. The highest BCUT2D eigenvalue weighted by Gasteiger charge is 2.31. The average Bonchev–Trinajstić information content (AvgIpc) is 2.72. The van der Waals surface area contributed by atoms with Crippen molar-refractivity contribution in [3.05, 3.63) is 54.1 Å². The van der Waals surface area contributed by atoms with Crippen molar-refractivity contribution >= 4 is 17.8 Å². The molecule has 0 aliphatic rings. The maximum Gasteiger partial charge on any atom is 0.573 e. The number of alkyl halides is 3. The van der Waals surface area contributed by atoms with Crippen LogP contribution in [0.1, 0.15) is 31.7 Å². The number of amides is 1. The van der Waals surface area contributed by atoms with Gasteiger partial charge in [0, 0.05) is 12.5 Å². The number of rotatable bonds is 11. The van der Waals surface area contributed by atoms with Crippen molar-refractivity contribution in [2.45, 2.75) is 45.0 Å². The average molecular weight is 467 g/mol. The minimum Gasteiger partial charge on any atom is -0.481 e. The predicted molar refractivity (Wildman–Crippen MR) is 112 cm³/mol. The van der Waals surface area contributed by atoms with Crippen molar-refractivity contribution in [3.63, 3.8) is 0 Å². The number of halogens is 3. The third-order valence-corrected chi connectivity index (χ3v) is 4.49. The first-order valence-corrected chi connectivity index (χ1v) is 10.2. The van der Waals surface area contributed by atoms with Gasteiger partial charge in [0.1, 0.15) is 5.75 Å². The molecule has 0 spiro atoms. The number of carboxylic acids is 1. The highest BCUT2D eigenvalue weighted by atomic mass is 19.4. The van der Waals surface area contributed by atoms with E-state index in [0.717, 1.165) is 5.56 Å². The normalized spacial score (nSPS) is 12.0. The topological polar surface area (TPSA) is 102 Å². The van der Waals surface area contributed by atoms with Gasteiger partial charge in [0.15, 0.2) is 0 Å². The summed E-state index contributed by atoms with van der Waals surface area (Å²) in [7, 11) is 0. The van der Waals surface area contributed by atoms with Gasteiger partial charge in [-0.25, -0.2) is 0 Å². The Kier molecular flexibility index (Phi) is 9.26. The number of aliphatic carboxylic acids is 1. The van der Waals surface area contributed by atoms with Crippen LogP contribution in [0.4, 0.5) is 13.2 Å². The van der Waals surface area contributed by atoms with E-state index < -0.39 is 30.2 Å². The number of benzene rings is 2. The molecule has 0 aliphatic carbocycles. The molecule has 2 aromatic carbocycles. The number of carboxylic acid groups (broad SMARTS) is 1. The minimum atomic E-state index is -4.79. The molecule has 2 rings (SSSR count). The van der Waals surface area contributed by atoms with Crippen LogP contribution in [-0.4, -0.2) is 42.0 Å². The van der Waals surface area contributed by atoms with Crippen LogP contribution in [0.15, 0.2) is 48.5 Å². The molecule has 2 aromatic rings. The van der Waals surface area contributed by atoms with Gasteiger partial charge in [0.25, 0.3) is 0 Å². The van der Waals surface area contributed by atoms with E-state index in [1.54, 1.807) is 37.3 Å². The monoisotopic (exact) mass is 467 g/mol. The van der Waals surface area contributed by atoms with Crippen molar-refractivity contribution in [1.29, 1.82) is 0 Å². The minimum absolute atomic E-state index is 0.0920. The molecular weight excluding hydrogens is 443 g/mol. The molecule has 0 aromatic heterocycles. The van der Waals surface area contributed by atoms with E-state index in [9.17, 15) is 27.6 Å². The Balaban J connectivity index is 2.10. The quantitative estimate of drug-likeness (QED) is 0.483. The highest BCUT2D eigenvalue weighted by molar-refractivity contribution is 5.81. The summed E-state index contributed by atoms with van der Waals surface area (Å²) in [4.78, 5) is 34.6. The fourth-order valence-electron chi connectivity index (χ4n) is 3.11. The van der Waals surface area contributed by atoms with Gasteiger partial charge in [-0.15, -0.1) is 13.2 Å². The predicted octanol–water partition coefficient (Wildman–Crippen LogP) is 4.10. The first kappa shape index (κ1) is 25.7. The second kappa shape index (κ2) is 11.9. The number of hydrogen-bond acceptors (Lipinski definition) is 5. The van der Waals surface area contributed by atoms with Crippen LogP contribution >= 0.6 is 0 Å². The molecule has 0 saturated heterocycles. The van der Waals surface area contributed by atoms with Gasteiger partial charge in [-0.05, 0) is 42.2 Å². The van der Waals surface area contributed by atoms with Crippen LogP contribution in [0.2, 0.25) is 0 Å². The zero-order valence-electron chi connectivity index (χ0n) is 17.9. The molecule has 10 heteroatoms. The van der Waals surface area contributed by atoms with Gasteiger partial charge < -0.3 is 19.9 Å². The Labute approximate surface area is 188 Å². The van der Waals surface area contributed by atoms with Crippen molar-refractivity contribution in [1.82, 2.24) is 5.32 Å². The molecule has 7 nitrogen and oxygen atoms in total. The summed E-state index contributed by atoms with van der Waals surface area (Å²) in [5, 5.41) is 11.4. The number of nitrogens with one attached hydrogen (secondary N) is 1. The third-order valence-electron chi connectivity index (χ3n) is 4.49. The number of carbonyl (C=O) groups is 3. The lowest BCUT2D eigenvalue weighted by molar-refractivity contribution is -0.274. The Morgan fingerprint density at radius 1 is 1.03 bits per heavy atom. The summed E-state index contributed by atoms with van der Waals surface area (Å²) < 4.78 is 46.2. The van der Waals surface area contributed by atoms with E-state index in [-0.39, 0.29) is 38.0 Å². The highest BCUT2D eigenvalue weighted by Crippen LogP contribution is 2.28. The lowest BCUT2D eigenvalue weighted by Crippen LogP contribution is -2.38. The lowest BCUT2D eigenvalue weighted by Gasteiger charge is -2.18. The van der Waals surface area contributed by atoms with Gasteiger partial charge >= 0.3 is 18.3 Å². The second-order valence-corrected chi connectivity index (χ2v) is 7.14. The van der Waals surface area contributed by atoms with Crippen LogP contribution in [-0.2, 0) is 25.5 Å². The van der Waals surface area contributed by atoms with Gasteiger partial charge in [-0.2, -0.15) is 0 Å². The molecule has 33 heavy (non-hydrogen) atoms. The van der Waals surface area contributed by atoms with Crippen molar-refractivity contribution in [2.24, 2.45) is 0 Å². The third kappa shape index (κ3) is 9.63. The van der Waals surface area contributed by atoms with Crippen molar-refractivity contribution in [2.75, 3.05) is 6.61 Å². The molecule has 0 unspecified atom stereocenters. The zero-order chi connectivity index (χ0) is 24.4. The summed E-state index contributed by atoms with van der Waals surface area (Å²) >= 11 is 0. The first-order chi connectivity index (χ1) is 15.6. The van der Waals surface area contributed by atoms with Gasteiger partial charge in [-0.3, -0.25) is 14.4 Å². The van der Waals surface area contributed by atoms with Crippen molar-refractivity contribution < 1.29 is 42.1 Å². The molecule has 0 radical (unpaired) electrons. The van der Waals surface area contributed by atoms with Crippen LogP contribution in [0, 0.1) is 0 Å². The summed E-state index contributed by atoms with van der Waals surface area (Å²) in [5.41, 5.74) is 1.93. The van der Waals surface area contributed by atoms with Gasteiger partial charge in [0.05, 0.1) is 19.4 Å². The molecule has 0 saturated carbocycles. The van der Waals surface area contributed by atoms with Gasteiger partial charge in [-0.1, -0.05) is 36.4 Å². The molecule has 1 atom stereocenters. The fraction of sp³-hybridized carbons (Fsp3) is 0.348. The molecule has 178 valence electrons. The van der Waals surface area contributed by atoms with E-state index in [2.05, 4.69) is 10.1 Å². The largest absolute Gasteiger partial charge is 0.573 e. The van der Waals surface area contributed by atoms with E-state index >= 15 is 0 Å². The Morgan fingerprint density at radius 3 is 2.33 bits per heavy atom. The number of ether oxygens (including phenoxy) is 2. The molecule has 0 bridgehead atoms. The van der Waals surface area contributed by atoms with Crippen LogP contribution < -0.4 is 10.1 Å². The maximum atomic E-state index is 12.5. The van der Waals surface area contributed by atoms with E-state index in [0.29, 0.717) is 11.1 Å². The summed E-state index contributed by atoms with van der Waals surface area (Å²) in [6, 6.07) is 11.8. The van der Waals surface area contributed by atoms with Gasteiger partial charge in [0.2, 0.25) is 5.91 Å². The molecule has 0 heterocycles. The zero-order valence-corrected chi connectivity index (χ0v) is 17.9. The lowest BCUT2D eigenvalue weighted by atomic mass is 9.99. The Hall–Kier alpha value is -3.56. The Bertz CT molecular complexity index is 959. The van der Waals surface area contributed by atoms with E-state index in [1.165, 1.54) is 18.2 Å². The molecule has 2 N–H and O–H groups in total. The van der Waals surface area contributed by atoms with Crippen LogP contribution in [0.3, 0.4) is 0 Å². The standard InChI is InChI=1S/C23H24F3NO6/c1-2-32-22(31)14-18(27-20(28)10-11-21(29)30)12-15-6-8-16(9-7-15)17-4-3-5-19(13-17)33-23(24,25)26/h3-9,13,18H,2,10-12,14H2,1H3,(H,27,28)(H,29,30)/t18-/m1/s1. The molecule has 1 amide bonds. The summed E-state index contributed by atoms with van der Waals surface area (Å²) in [5.74, 6) is -2.43. The second-order valence-electron chi connectivity index (χ2n) is 7.14. The smallest absolute Gasteiger partial charge is 0.481 e. The van der Waals surface area contributed by atoms with E-state index in [4.69, 9.17) is 9.84 Å². The fourth-order valence-corrected chi connectivity index (χ4v) is 3.11.